The lowest BCUT2D eigenvalue weighted by Crippen LogP contribution is -2.24. The number of hydrogen-bond donors (Lipinski definition) is 1. The molecular formula is C22H26N2O4. The first-order valence-corrected chi connectivity index (χ1v) is 9.20. The highest BCUT2D eigenvalue weighted by molar-refractivity contribution is 5.89. The lowest BCUT2D eigenvalue weighted by Gasteiger charge is -2.08. The molecule has 28 heavy (non-hydrogen) atoms. The molecule has 0 saturated carbocycles. The van der Waals surface area contributed by atoms with Gasteiger partial charge in [-0.25, -0.2) is 10.2 Å². The lowest BCUT2D eigenvalue weighted by molar-refractivity contribution is -0.123. The first-order chi connectivity index (χ1) is 13.4. The van der Waals surface area contributed by atoms with Gasteiger partial charge in [0.25, 0.3) is 5.91 Å². The van der Waals surface area contributed by atoms with Gasteiger partial charge in [0, 0.05) is 5.56 Å². The van der Waals surface area contributed by atoms with Gasteiger partial charge >= 0.3 is 5.97 Å². The zero-order chi connectivity index (χ0) is 20.5. The Bertz CT molecular complexity index is 834. The van der Waals surface area contributed by atoms with E-state index < -0.39 is 0 Å². The van der Waals surface area contributed by atoms with Gasteiger partial charge in [-0.3, -0.25) is 4.79 Å². The molecule has 0 bridgehead atoms. The van der Waals surface area contributed by atoms with Crippen molar-refractivity contribution in [2.45, 2.75) is 34.1 Å². The molecule has 2 rings (SSSR count). The van der Waals surface area contributed by atoms with Crippen LogP contribution < -0.4 is 10.2 Å². The van der Waals surface area contributed by atoms with Crippen molar-refractivity contribution in [3.05, 3.63) is 64.2 Å². The predicted octanol–water partition coefficient (Wildman–Crippen LogP) is 3.71. The summed E-state index contributed by atoms with van der Waals surface area (Å²) < 4.78 is 10.5. The van der Waals surface area contributed by atoms with Crippen molar-refractivity contribution in [2.75, 3.05) is 13.2 Å². The molecule has 1 amide bonds. The number of benzene rings is 2. The summed E-state index contributed by atoms with van der Waals surface area (Å²) in [6, 6.07) is 10.6. The van der Waals surface area contributed by atoms with Gasteiger partial charge in [0.05, 0.1) is 18.4 Å². The Morgan fingerprint density at radius 3 is 2.32 bits per heavy atom. The smallest absolute Gasteiger partial charge is 0.338 e. The molecular weight excluding hydrogens is 356 g/mol. The van der Waals surface area contributed by atoms with E-state index in [1.165, 1.54) is 5.56 Å². The highest BCUT2D eigenvalue weighted by Gasteiger charge is 2.07. The topological polar surface area (TPSA) is 77.0 Å². The molecule has 6 nitrogen and oxygen atoms in total. The Balaban J connectivity index is 1.83. The first-order valence-electron chi connectivity index (χ1n) is 9.20. The summed E-state index contributed by atoms with van der Waals surface area (Å²) in [6.07, 6.45) is 2.41. The molecule has 148 valence electrons. The van der Waals surface area contributed by atoms with Crippen molar-refractivity contribution in [1.29, 1.82) is 0 Å². The molecule has 0 aliphatic rings. The fourth-order valence-corrected chi connectivity index (χ4v) is 2.71. The van der Waals surface area contributed by atoms with Crippen LogP contribution in [0.3, 0.4) is 0 Å². The number of nitrogens with one attached hydrogen (secondary N) is 1. The summed E-state index contributed by atoms with van der Waals surface area (Å²) in [4.78, 5) is 23.6. The molecule has 2 aromatic rings. The van der Waals surface area contributed by atoms with E-state index in [0.29, 0.717) is 17.9 Å². The van der Waals surface area contributed by atoms with Crippen molar-refractivity contribution in [3.8, 4) is 5.75 Å². The third-order valence-electron chi connectivity index (χ3n) is 4.02. The number of esters is 1. The summed E-state index contributed by atoms with van der Waals surface area (Å²) in [5.74, 6) is -0.260. The van der Waals surface area contributed by atoms with Gasteiger partial charge in [0.1, 0.15) is 5.75 Å². The summed E-state index contributed by atoms with van der Waals surface area (Å²) >= 11 is 0. The lowest BCUT2D eigenvalue weighted by atomic mass is 10.0. The average Bonchev–Trinajstić information content (AvgIpc) is 2.66. The largest absolute Gasteiger partial charge is 0.484 e. The van der Waals surface area contributed by atoms with Crippen molar-refractivity contribution in [2.24, 2.45) is 5.10 Å². The zero-order valence-electron chi connectivity index (χ0n) is 16.7. The van der Waals surface area contributed by atoms with Crippen molar-refractivity contribution < 1.29 is 19.1 Å². The van der Waals surface area contributed by atoms with Crippen LogP contribution in [0.4, 0.5) is 0 Å². The number of nitrogens with zero attached hydrogens (tertiary/aromatic N) is 1. The molecule has 0 aliphatic heterocycles. The van der Waals surface area contributed by atoms with E-state index in [-0.39, 0.29) is 18.5 Å². The Labute approximate surface area is 165 Å². The third kappa shape index (κ3) is 6.23. The van der Waals surface area contributed by atoms with E-state index in [4.69, 9.17) is 9.47 Å². The van der Waals surface area contributed by atoms with Crippen LogP contribution in [0.1, 0.15) is 46.0 Å². The zero-order valence-corrected chi connectivity index (χ0v) is 16.7. The quantitative estimate of drug-likeness (QED) is 0.429. The van der Waals surface area contributed by atoms with Gasteiger partial charge < -0.3 is 9.47 Å². The molecule has 0 spiro atoms. The normalized spacial score (nSPS) is 10.7. The van der Waals surface area contributed by atoms with Crippen molar-refractivity contribution in [3.63, 3.8) is 0 Å². The molecule has 0 heterocycles. The number of ether oxygens (including phenoxy) is 2. The SMILES string of the molecule is CCCOC(=O)c1ccc(OCC(=O)NN=Cc2c(C)cc(C)cc2C)cc1. The van der Waals surface area contributed by atoms with Crippen LogP contribution in [0.25, 0.3) is 0 Å². The minimum absolute atomic E-state index is 0.178. The Kier molecular flexibility index (Phi) is 7.75. The van der Waals surface area contributed by atoms with Gasteiger partial charge in [-0.1, -0.05) is 24.6 Å². The monoisotopic (exact) mass is 382 g/mol. The second kappa shape index (κ2) is 10.3. The van der Waals surface area contributed by atoms with Crippen molar-refractivity contribution in [1.82, 2.24) is 5.43 Å². The standard InChI is InChI=1S/C22H26N2O4/c1-5-10-27-22(26)18-6-8-19(9-7-18)28-14-21(25)24-23-13-20-16(3)11-15(2)12-17(20)4/h6-9,11-13H,5,10,14H2,1-4H3,(H,24,25). The number of hydrogen-bond acceptors (Lipinski definition) is 5. The first kappa shape index (κ1) is 21.2. The second-order valence-electron chi connectivity index (χ2n) is 6.55. The Morgan fingerprint density at radius 1 is 1.07 bits per heavy atom. The molecule has 0 fully saturated rings. The minimum Gasteiger partial charge on any atom is -0.484 e. The number of carbonyl (C=O) groups excluding carboxylic acids is 2. The molecule has 0 radical (unpaired) electrons. The number of rotatable bonds is 8. The molecule has 0 atom stereocenters. The average molecular weight is 382 g/mol. The van der Waals surface area contributed by atoms with Gasteiger partial charge in [-0.05, 0) is 62.6 Å². The number of hydrazone groups is 1. The summed E-state index contributed by atoms with van der Waals surface area (Å²) in [7, 11) is 0. The molecule has 0 aliphatic carbocycles. The van der Waals surface area contributed by atoms with E-state index in [1.54, 1.807) is 30.5 Å². The van der Waals surface area contributed by atoms with Crippen LogP contribution in [0, 0.1) is 20.8 Å². The molecule has 0 unspecified atom stereocenters. The van der Waals surface area contributed by atoms with Crippen molar-refractivity contribution >= 4 is 18.1 Å². The van der Waals surface area contributed by atoms with Crippen LogP contribution in [0.15, 0.2) is 41.5 Å². The molecule has 0 saturated heterocycles. The minimum atomic E-state index is -0.373. The maximum atomic E-state index is 11.9. The third-order valence-corrected chi connectivity index (χ3v) is 4.02. The Hall–Kier alpha value is -3.15. The van der Waals surface area contributed by atoms with Gasteiger partial charge in [0.15, 0.2) is 6.61 Å². The van der Waals surface area contributed by atoms with Gasteiger partial charge in [-0.2, -0.15) is 5.10 Å². The Morgan fingerprint density at radius 2 is 1.71 bits per heavy atom. The predicted molar refractivity (Wildman–Crippen MR) is 109 cm³/mol. The highest BCUT2D eigenvalue weighted by Crippen LogP contribution is 2.14. The van der Waals surface area contributed by atoms with E-state index in [1.807, 2.05) is 27.7 Å². The highest BCUT2D eigenvalue weighted by atomic mass is 16.5. The van der Waals surface area contributed by atoms with Crippen LogP contribution in [0.5, 0.6) is 5.75 Å². The van der Waals surface area contributed by atoms with E-state index in [9.17, 15) is 9.59 Å². The van der Waals surface area contributed by atoms with E-state index in [0.717, 1.165) is 23.1 Å². The number of aryl methyl sites for hydroxylation is 3. The number of amides is 1. The summed E-state index contributed by atoms with van der Waals surface area (Å²) in [5.41, 5.74) is 7.27. The molecule has 6 heteroatoms. The van der Waals surface area contributed by atoms with E-state index >= 15 is 0 Å². The van der Waals surface area contributed by atoms with Crippen LogP contribution in [-0.4, -0.2) is 31.3 Å². The summed E-state index contributed by atoms with van der Waals surface area (Å²) in [6.45, 7) is 8.20. The van der Waals surface area contributed by atoms with Crippen LogP contribution in [0.2, 0.25) is 0 Å². The molecule has 2 aromatic carbocycles. The molecule has 1 N–H and O–H groups in total. The number of carbonyl (C=O) groups is 2. The molecule has 0 aromatic heterocycles. The van der Waals surface area contributed by atoms with E-state index in [2.05, 4.69) is 22.7 Å². The maximum Gasteiger partial charge on any atom is 0.338 e. The van der Waals surface area contributed by atoms with Crippen LogP contribution in [-0.2, 0) is 9.53 Å². The van der Waals surface area contributed by atoms with Crippen LogP contribution >= 0.6 is 0 Å². The second-order valence-corrected chi connectivity index (χ2v) is 6.55. The maximum absolute atomic E-state index is 11.9. The van der Waals surface area contributed by atoms with Gasteiger partial charge in [-0.15, -0.1) is 0 Å². The fourth-order valence-electron chi connectivity index (χ4n) is 2.71. The summed E-state index contributed by atoms with van der Waals surface area (Å²) in [5, 5.41) is 4.01. The van der Waals surface area contributed by atoms with Gasteiger partial charge in [0.2, 0.25) is 0 Å². The fraction of sp³-hybridized carbons (Fsp3) is 0.318.